The first-order valence-corrected chi connectivity index (χ1v) is 13.1. The number of imidazole rings is 1. The zero-order valence-corrected chi connectivity index (χ0v) is 19.1. The third-order valence-corrected chi connectivity index (χ3v) is 8.67. The first-order valence-electron chi connectivity index (χ1n) is 10.7. The van der Waals surface area contributed by atoms with E-state index in [1.54, 1.807) is 0 Å². The fourth-order valence-electron chi connectivity index (χ4n) is 4.02. The predicted octanol–water partition coefficient (Wildman–Crippen LogP) is 5.69. The van der Waals surface area contributed by atoms with E-state index in [1.165, 1.54) is 24.2 Å². The van der Waals surface area contributed by atoms with E-state index in [-0.39, 0.29) is 11.9 Å². The van der Waals surface area contributed by atoms with Crippen molar-refractivity contribution in [2.75, 3.05) is 5.75 Å². The summed E-state index contributed by atoms with van der Waals surface area (Å²) in [5, 5.41) is 4.06. The highest BCUT2D eigenvalue weighted by molar-refractivity contribution is 8.77. The van der Waals surface area contributed by atoms with Crippen LogP contribution in [0.25, 0.3) is 11.0 Å². The zero-order valence-electron chi connectivity index (χ0n) is 17.4. The molecule has 1 fully saturated rings. The molecule has 0 spiro atoms. The van der Waals surface area contributed by atoms with Crippen LogP contribution in [0.5, 0.6) is 0 Å². The van der Waals surface area contributed by atoms with Gasteiger partial charge in [-0.15, -0.1) is 0 Å². The van der Waals surface area contributed by atoms with Gasteiger partial charge in [-0.25, -0.2) is 4.98 Å². The highest BCUT2D eigenvalue weighted by Gasteiger charge is 2.21. The smallest absolute Gasteiger partial charge is 0.220 e. The lowest BCUT2D eigenvalue weighted by Gasteiger charge is -2.19. The molecule has 3 aromatic rings. The number of unbranched alkanes of at least 4 members (excludes halogenated alkanes) is 1. The number of aromatic nitrogens is 2. The minimum atomic E-state index is -0.140. The summed E-state index contributed by atoms with van der Waals surface area (Å²) >= 11 is 0. The number of hydrogen-bond acceptors (Lipinski definition) is 4. The van der Waals surface area contributed by atoms with Crippen LogP contribution in [0, 0.1) is 0 Å². The Kier molecular flexibility index (Phi) is 7.39. The molecule has 0 radical (unpaired) electrons. The topological polar surface area (TPSA) is 46.9 Å². The van der Waals surface area contributed by atoms with Crippen molar-refractivity contribution in [1.82, 2.24) is 14.9 Å². The summed E-state index contributed by atoms with van der Waals surface area (Å²) in [7, 11) is 6.04. The second-order valence-electron chi connectivity index (χ2n) is 7.90. The summed E-state index contributed by atoms with van der Waals surface area (Å²) in [6.07, 6.45) is 5.94. The van der Waals surface area contributed by atoms with Crippen LogP contribution < -0.4 is 5.32 Å². The van der Waals surface area contributed by atoms with Crippen LogP contribution in [0.3, 0.4) is 0 Å². The quantitative estimate of drug-likeness (QED) is 0.344. The summed E-state index contributed by atoms with van der Waals surface area (Å²) < 4.78 is 2.11. The van der Waals surface area contributed by atoms with Crippen molar-refractivity contribution in [2.24, 2.45) is 7.05 Å². The van der Waals surface area contributed by atoms with Gasteiger partial charge in [-0.2, -0.15) is 0 Å². The molecule has 158 valence electrons. The molecule has 1 amide bonds. The van der Waals surface area contributed by atoms with Crippen LogP contribution in [0.2, 0.25) is 0 Å². The van der Waals surface area contributed by atoms with Gasteiger partial charge in [-0.05, 0) is 43.4 Å². The van der Waals surface area contributed by atoms with Gasteiger partial charge in [0.2, 0.25) is 5.91 Å². The summed E-state index contributed by atoms with van der Waals surface area (Å²) in [6.45, 7) is 0. The number of para-hydroxylation sites is 2. The predicted molar refractivity (Wildman–Crippen MR) is 129 cm³/mol. The lowest BCUT2D eigenvalue weighted by molar-refractivity contribution is -0.122. The maximum atomic E-state index is 12.8. The Balaban J connectivity index is 1.43. The van der Waals surface area contributed by atoms with Crippen LogP contribution in [0.1, 0.15) is 49.5 Å². The van der Waals surface area contributed by atoms with Gasteiger partial charge in [0.15, 0.2) is 0 Å². The van der Waals surface area contributed by atoms with E-state index in [0.29, 0.717) is 6.42 Å². The fourth-order valence-corrected chi connectivity index (χ4v) is 7.05. The highest BCUT2D eigenvalue weighted by atomic mass is 33.1. The highest BCUT2D eigenvalue weighted by Crippen LogP contribution is 2.39. The number of fused-ring (bicyclic) bond motifs is 1. The van der Waals surface area contributed by atoms with Gasteiger partial charge in [0, 0.05) is 24.5 Å². The normalized spacial score (nSPS) is 17.3. The largest absolute Gasteiger partial charge is 0.346 e. The number of amides is 1. The molecular formula is C24H29N3OS2. The molecule has 2 aromatic carbocycles. The Morgan fingerprint density at radius 1 is 1.17 bits per heavy atom. The van der Waals surface area contributed by atoms with Gasteiger partial charge < -0.3 is 9.88 Å². The third kappa shape index (κ3) is 5.41. The Hall–Kier alpha value is -1.92. The number of nitrogens with zero attached hydrogens (tertiary/aromatic N) is 2. The van der Waals surface area contributed by atoms with Crippen LogP contribution >= 0.6 is 21.6 Å². The Labute approximate surface area is 186 Å². The lowest BCUT2D eigenvalue weighted by Crippen LogP contribution is -2.31. The summed E-state index contributed by atoms with van der Waals surface area (Å²) in [5.74, 6) is 2.30. The minimum absolute atomic E-state index is 0.122. The molecule has 0 bridgehead atoms. The number of benzene rings is 2. The molecule has 1 aromatic heterocycles. The number of hydrogen-bond donors (Lipinski definition) is 1. The minimum Gasteiger partial charge on any atom is -0.346 e. The van der Waals surface area contributed by atoms with E-state index < -0.39 is 0 Å². The lowest BCUT2D eigenvalue weighted by atomic mass is 10.0. The van der Waals surface area contributed by atoms with E-state index in [1.807, 2.05) is 65.0 Å². The SMILES string of the molecule is Cn1c(C(Cc2ccccc2)NC(=O)CCCCC2CCSS2)nc2ccccc21. The second-order valence-corrected chi connectivity index (χ2v) is 10.7. The summed E-state index contributed by atoms with van der Waals surface area (Å²) in [4.78, 5) is 17.6. The van der Waals surface area contributed by atoms with Gasteiger partial charge >= 0.3 is 0 Å². The molecule has 30 heavy (non-hydrogen) atoms. The molecule has 1 aliphatic rings. The number of carbonyl (C=O) groups excluding carboxylic acids is 1. The fraction of sp³-hybridized carbons (Fsp3) is 0.417. The number of nitrogens with one attached hydrogen (secondary N) is 1. The van der Waals surface area contributed by atoms with Crippen molar-refractivity contribution in [3.05, 3.63) is 66.0 Å². The van der Waals surface area contributed by atoms with Gasteiger partial charge in [-0.1, -0.05) is 70.5 Å². The summed E-state index contributed by atoms with van der Waals surface area (Å²) in [5.41, 5.74) is 3.26. The molecule has 1 saturated heterocycles. The molecule has 0 saturated carbocycles. The van der Waals surface area contributed by atoms with E-state index in [4.69, 9.17) is 4.98 Å². The van der Waals surface area contributed by atoms with Gasteiger partial charge in [-0.3, -0.25) is 4.79 Å². The molecule has 0 aliphatic carbocycles. The van der Waals surface area contributed by atoms with Gasteiger partial charge in [0.05, 0.1) is 17.1 Å². The van der Waals surface area contributed by atoms with Crippen molar-refractivity contribution in [2.45, 2.75) is 49.8 Å². The van der Waals surface area contributed by atoms with Crippen molar-refractivity contribution in [1.29, 1.82) is 0 Å². The van der Waals surface area contributed by atoms with Crippen LogP contribution in [0.15, 0.2) is 54.6 Å². The standard InChI is InChI=1S/C24H29N3OS2/c1-27-22-13-7-6-12-20(22)26-24(27)21(17-18-9-3-2-4-10-18)25-23(28)14-8-5-11-19-15-16-29-30-19/h2-4,6-7,9-10,12-13,19,21H,5,8,11,14-17H2,1H3,(H,25,28). The number of aryl methyl sites for hydroxylation is 1. The Morgan fingerprint density at radius 3 is 2.73 bits per heavy atom. The van der Waals surface area contributed by atoms with Crippen LogP contribution in [-0.2, 0) is 18.3 Å². The molecule has 4 rings (SSSR count). The van der Waals surface area contributed by atoms with Crippen molar-refractivity contribution >= 4 is 38.5 Å². The second kappa shape index (κ2) is 10.4. The molecular weight excluding hydrogens is 410 g/mol. The van der Waals surface area contributed by atoms with E-state index >= 15 is 0 Å². The molecule has 1 N–H and O–H groups in total. The van der Waals surface area contributed by atoms with E-state index in [9.17, 15) is 4.79 Å². The maximum absolute atomic E-state index is 12.8. The third-order valence-electron chi connectivity index (χ3n) is 5.66. The molecule has 2 atom stereocenters. The zero-order chi connectivity index (χ0) is 20.8. The van der Waals surface area contributed by atoms with Crippen molar-refractivity contribution in [3.63, 3.8) is 0 Å². The monoisotopic (exact) mass is 439 g/mol. The van der Waals surface area contributed by atoms with Gasteiger partial charge in [0.1, 0.15) is 5.82 Å². The van der Waals surface area contributed by atoms with E-state index in [0.717, 1.165) is 41.4 Å². The first-order chi connectivity index (χ1) is 14.7. The molecule has 2 unspecified atom stereocenters. The van der Waals surface area contributed by atoms with Crippen molar-refractivity contribution < 1.29 is 4.79 Å². The number of rotatable bonds is 9. The van der Waals surface area contributed by atoms with Crippen LogP contribution in [0.4, 0.5) is 0 Å². The first kappa shape index (κ1) is 21.3. The van der Waals surface area contributed by atoms with Crippen molar-refractivity contribution in [3.8, 4) is 0 Å². The number of carbonyl (C=O) groups is 1. The molecule has 4 nitrogen and oxygen atoms in total. The molecule has 1 aliphatic heterocycles. The van der Waals surface area contributed by atoms with Gasteiger partial charge in [0.25, 0.3) is 0 Å². The van der Waals surface area contributed by atoms with Crippen LogP contribution in [-0.4, -0.2) is 26.5 Å². The molecule has 2 heterocycles. The van der Waals surface area contributed by atoms with E-state index in [2.05, 4.69) is 28.1 Å². The average molecular weight is 440 g/mol. The Morgan fingerprint density at radius 2 is 1.97 bits per heavy atom. The average Bonchev–Trinajstić information content (AvgIpc) is 3.40. The summed E-state index contributed by atoms with van der Waals surface area (Å²) in [6, 6.07) is 18.3. The maximum Gasteiger partial charge on any atom is 0.220 e. The molecule has 6 heteroatoms. The Bertz CT molecular complexity index is 967.